The van der Waals surface area contributed by atoms with Gasteiger partial charge in [-0.1, -0.05) is 71.8 Å². The Kier molecular flexibility index (Phi) is 6.48. The van der Waals surface area contributed by atoms with E-state index in [-0.39, 0.29) is 5.91 Å². The molecular weight excluding hydrogens is 408 g/mol. The van der Waals surface area contributed by atoms with Crippen LogP contribution in [0.25, 0.3) is 22.7 Å². The van der Waals surface area contributed by atoms with Gasteiger partial charge in [-0.2, -0.15) is 0 Å². The summed E-state index contributed by atoms with van der Waals surface area (Å²) in [7, 11) is 0. The number of rotatable bonds is 7. The van der Waals surface area contributed by atoms with Gasteiger partial charge in [0.05, 0.1) is 0 Å². The van der Waals surface area contributed by atoms with Gasteiger partial charge in [-0.25, -0.2) is 4.98 Å². The van der Waals surface area contributed by atoms with Crippen molar-refractivity contribution in [1.29, 1.82) is 0 Å². The molecule has 0 aliphatic rings. The second-order valence-electron chi connectivity index (χ2n) is 7.43. The first kappa shape index (κ1) is 20.9. The lowest BCUT2D eigenvalue weighted by Crippen LogP contribution is -2.23. The standard InChI is InChI=1S/C26H23ClN2O2/c1-18-7-9-19(10-8-18)17-28-24(30)16-15-23-25(20-11-13-22(27)14-12-20)29-26(31-23)21-5-3-2-4-6-21/h2-14H,15-17H2,1H3,(H,28,30). The predicted octanol–water partition coefficient (Wildman–Crippen LogP) is 6.22. The molecule has 1 N–H and O–H groups in total. The number of halogens is 1. The molecule has 3 aromatic carbocycles. The number of nitrogens with zero attached hydrogens (tertiary/aromatic N) is 1. The molecular formula is C26H23ClN2O2. The molecule has 156 valence electrons. The van der Waals surface area contributed by atoms with Gasteiger partial charge in [-0.15, -0.1) is 0 Å². The number of hydrogen-bond donors (Lipinski definition) is 1. The average Bonchev–Trinajstić information content (AvgIpc) is 3.23. The van der Waals surface area contributed by atoms with E-state index in [0.717, 1.165) is 22.4 Å². The lowest BCUT2D eigenvalue weighted by molar-refractivity contribution is -0.121. The van der Waals surface area contributed by atoms with Gasteiger partial charge in [-0.3, -0.25) is 4.79 Å². The highest BCUT2D eigenvalue weighted by molar-refractivity contribution is 6.30. The van der Waals surface area contributed by atoms with Gasteiger partial charge in [0.1, 0.15) is 11.5 Å². The monoisotopic (exact) mass is 430 g/mol. The Morgan fingerprint density at radius 3 is 2.35 bits per heavy atom. The van der Waals surface area contributed by atoms with Crippen LogP contribution in [0.3, 0.4) is 0 Å². The van der Waals surface area contributed by atoms with Crippen molar-refractivity contribution < 1.29 is 9.21 Å². The first-order valence-electron chi connectivity index (χ1n) is 10.2. The molecule has 1 amide bonds. The maximum Gasteiger partial charge on any atom is 0.226 e. The number of benzene rings is 3. The zero-order chi connectivity index (χ0) is 21.6. The van der Waals surface area contributed by atoms with Crippen molar-refractivity contribution in [2.75, 3.05) is 0 Å². The number of carbonyl (C=O) groups is 1. The SMILES string of the molecule is Cc1ccc(CNC(=O)CCc2oc(-c3ccccc3)nc2-c2ccc(Cl)cc2)cc1. The van der Waals surface area contributed by atoms with Crippen LogP contribution in [0, 0.1) is 6.92 Å². The minimum Gasteiger partial charge on any atom is -0.440 e. The molecule has 4 rings (SSSR count). The number of amides is 1. The Labute approximate surface area is 186 Å². The summed E-state index contributed by atoms with van der Waals surface area (Å²) in [5.41, 5.74) is 4.82. The Bertz CT molecular complexity index is 1150. The number of oxazole rings is 1. The second-order valence-corrected chi connectivity index (χ2v) is 7.86. The molecule has 0 saturated heterocycles. The normalized spacial score (nSPS) is 10.8. The smallest absolute Gasteiger partial charge is 0.226 e. The van der Waals surface area contributed by atoms with Crippen molar-refractivity contribution >= 4 is 17.5 Å². The Morgan fingerprint density at radius 2 is 1.65 bits per heavy atom. The molecule has 1 aromatic heterocycles. The summed E-state index contributed by atoms with van der Waals surface area (Å²) in [5.74, 6) is 1.20. The van der Waals surface area contributed by atoms with Gasteiger partial charge in [0.15, 0.2) is 0 Å². The zero-order valence-electron chi connectivity index (χ0n) is 17.3. The van der Waals surface area contributed by atoms with E-state index in [1.165, 1.54) is 5.56 Å². The molecule has 1 heterocycles. The Hall–Kier alpha value is -3.37. The van der Waals surface area contributed by atoms with Gasteiger partial charge in [-0.05, 0) is 36.8 Å². The second kappa shape index (κ2) is 9.63. The Morgan fingerprint density at radius 1 is 0.935 bits per heavy atom. The first-order valence-corrected chi connectivity index (χ1v) is 10.6. The largest absolute Gasteiger partial charge is 0.440 e. The van der Waals surface area contributed by atoms with Crippen molar-refractivity contribution in [2.24, 2.45) is 0 Å². The van der Waals surface area contributed by atoms with Crippen molar-refractivity contribution in [3.63, 3.8) is 0 Å². The Balaban J connectivity index is 1.49. The average molecular weight is 431 g/mol. The molecule has 0 spiro atoms. The summed E-state index contributed by atoms with van der Waals surface area (Å²) < 4.78 is 6.09. The van der Waals surface area contributed by atoms with Crippen LogP contribution in [-0.4, -0.2) is 10.9 Å². The fourth-order valence-electron chi connectivity index (χ4n) is 3.28. The van der Waals surface area contributed by atoms with Crippen molar-refractivity contribution in [1.82, 2.24) is 10.3 Å². The molecule has 0 aliphatic heterocycles. The maximum absolute atomic E-state index is 12.4. The maximum atomic E-state index is 12.4. The quantitative estimate of drug-likeness (QED) is 0.378. The molecule has 0 fully saturated rings. The van der Waals surface area contributed by atoms with E-state index in [4.69, 9.17) is 21.0 Å². The van der Waals surface area contributed by atoms with Crippen LogP contribution < -0.4 is 5.32 Å². The van der Waals surface area contributed by atoms with E-state index in [1.54, 1.807) is 0 Å². The number of nitrogens with one attached hydrogen (secondary N) is 1. The van der Waals surface area contributed by atoms with E-state index in [0.29, 0.717) is 36.1 Å². The highest BCUT2D eigenvalue weighted by Crippen LogP contribution is 2.30. The van der Waals surface area contributed by atoms with E-state index in [2.05, 4.69) is 5.32 Å². The molecule has 0 atom stereocenters. The van der Waals surface area contributed by atoms with E-state index < -0.39 is 0 Å². The summed E-state index contributed by atoms with van der Waals surface area (Å²) in [6, 6.07) is 25.4. The van der Waals surface area contributed by atoms with Crippen molar-refractivity contribution in [2.45, 2.75) is 26.3 Å². The van der Waals surface area contributed by atoms with Crippen LogP contribution in [0.5, 0.6) is 0 Å². The molecule has 0 aliphatic carbocycles. The molecule has 4 aromatic rings. The predicted molar refractivity (Wildman–Crippen MR) is 124 cm³/mol. The zero-order valence-corrected chi connectivity index (χ0v) is 18.0. The van der Waals surface area contributed by atoms with Crippen LogP contribution in [-0.2, 0) is 17.8 Å². The van der Waals surface area contributed by atoms with E-state index >= 15 is 0 Å². The van der Waals surface area contributed by atoms with Crippen LogP contribution in [0.1, 0.15) is 23.3 Å². The van der Waals surface area contributed by atoms with Crippen LogP contribution in [0.2, 0.25) is 5.02 Å². The number of aromatic nitrogens is 1. The molecule has 0 saturated carbocycles. The highest BCUT2D eigenvalue weighted by atomic mass is 35.5. The molecule has 0 bridgehead atoms. The third-order valence-electron chi connectivity index (χ3n) is 5.03. The van der Waals surface area contributed by atoms with Gasteiger partial charge < -0.3 is 9.73 Å². The molecule has 31 heavy (non-hydrogen) atoms. The summed E-state index contributed by atoms with van der Waals surface area (Å²) in [4.78, 5) is 17.2. The fraction of sp³-hybridized carbons (Fsp3) is 0.154. The minimum atomic E-state index is -0.0275. The van der Waals surface area contributed by atoms with Crippen LogP contribution in [0.4, 0.5) is 0 Å². The van der Waals surface area contributed by atoms with E-state index in [1.807, 2.05) is 85.8 Å². The molecule has 0 unspecified atom stereocenters. The number of aryl methyl sites for hydroxylation is 2. The molecule has 4 nitrogen and oxygen atoms in total. The van der Waals surface area contributed by atoms with E-state index in [9.17, 15) is 4.79 Å². The third-order valence-corrected chi connectivity index (χ3v) is 5.28. The highest BCUT2D eigenvalue weighted by Gasteiger charge is 2.17. The van der Waals surface area contributed by atoms with Gasteiger partial charge >= 0.3 is 0 Å². The number of hydrogen-bond acceptors (Lipinski definition) is 3. The fourth-order valence-corrected chi connectivity index (χ4v) is 3.41. The topological polar surface area (TPSA) is 55.1 Å². The van der Waals surface area contributed by atoms with Gasteiger partial charge in [0.2, 0.25) is 11.8 Å². The van der Waals surface area contributed by atoms with Crippen molar-refractivity contribution in [3.8, 4) is 22.7 Å². The lowest BCUT2D eigenvalue weighted by Gasteiger charge is -2.06. The van der Waals surface area contributed by atoms with Gasteiger partial charge in [0, 0.05) is 35.5 Å². The number of carbonyl (C=O) groups excluding carboxylic acids is 1. The van der Waals surface area contributed by atoms with Crippen LogP contribution in [0.15, 0.2) is 83.3 Å². The summed E-state index contributed by atoms with van der Waals surface area (Å²) in [5, 5.41) is 3.64. The molecule has 0 radical (unpaired) electrons. The van der Waals surface area contributed by atoms with Crippen molar-refractivity contribution in [3.05, 3.63) is 101 Å². The minimum absolute atomic E-state index is 0.0275. The summed E-state index contributed by atoms with van der Waals surface area (Å²) in [6.45, 7) is 2.55. The third kappa shape index (κ3) is 5.41. The lowest BCUT2D eigenvalue weighted by atomic mass is 10.1. The summed E-state index contributed by atoms with van der Waals surface area (Å²) >= 11 is 6.04. The first-order chi connectivity index (χ1) is 15.1. The van der Waals surface area contributed by atoms with Gasteiger partial charge in [0.25, 0.3) is 0 Å². The van der Waals surface area contributed by atoms with Crippen LogP contribution >= 0.6 is 11.6 Å². The summed E-state index contributed by atoms with van der Waals surface area (Å²) in [6.07, 6.45) is 0.771. The molecule has 5 heteroatoms.